The number of nitrogens with zero attached hydrogens (tertiary/aromatic N) is 1. The third-order valence-corrected chi connectivity index (χ3v) is 2.76. The van der Waals surface area contributed by atoms with Gasteiger partial charge in [0.25, 0.3) is 5.91 Å². The molecule has 2 N–H and O–H groups in total. The summed E-state index contributed by atoms with van der Waals surface area (Å²) in [6, 6.07) is 4.44. The average Bonchev–Trinajstić information content (AvgIpc) is 2.40. The van der Waals surface area contributed by atoms with Crippen molar-refractivity contribution in [3.05, 3.63) is 29.6 Å². The third kappa shape index (κ3) is 3.04. The summed E-state index contributed by atoms with van der Waals surface area (Å²) in [7, 11) is 0. The van der Waals surface area contributed by atoms with E-state index in [4.69, 9.17) is 9.84 Å². The van der Waals surface area contributed by atoms with E-state index < -0.39 is 5.97 Å². The lowest BCUT2D eigenvalue weighted by molar-refractivity contribution is 0.0690. The van der Waals surface area contributed by atoms with E-state index in [2.05, 4.69) is 10.3 Å². The molecule has 96 valence electrons. The normalized spacial score (nSPS) is 16.2. The summed E-state index contributed by atoms with van der Waals surface area (Å²) < 4.78 is 5.19. The third-order valence-electron chi connectivity index (χ3n) is 2.76. The van der Waals surface area contributed by atoms with Crippen molar-refractivity contribution in [3.8, 4) is 0 Å². The fourth-order valence-corrected chi connectivity index (χ4v) is 1.78. The van der Waals surface area contributed by atoms with E-state index in [9.17, 15) is 9.59 Å². The summed E-state index contributed by atoms with van der Waals surface area (Å²) in [4.78, 5) is 26.4. The summed E-state index contributed by atoms with van der Waals surface area (Å²) in [5.41, 5.74) is -0.00369. The molecule has 1 aliphatic rings. The first-order chi connectivity index (χ1) is 8.66. The minimum Gasteiger partial charge on any atom is -0.477 e. The van der Waals surface area contributed by atoms with Crippen LogP contribution >= 0.6 is 0 Å². The highest BCUT2D eigenvalue weighted by molar-refractivity contribution is 5.94. The second kappa shape index (κ2) is 5.59. The maximum Gasteiger partial charge on any atom is 0.354 e. The van der Waals surface area contributed by atoms with Crippen LogP contribution in [0.5, 0.6) is 0 Å². The molecule has 0 aromatic carbocycles. The number of carbonyl (C=O) groups is 2. The van der Waals surface area contributed by atoms with Gasteiger partial charge in [-0.1, -0.05) is 6.07 Å². The van der Waals surface area contributed by atoms with Crippen molar-refractivity contribution >= 4 is 11.9 Å². The quantitative estimate of drug-likeness (QED) is 0.823. The standard InChI is InChI=1S/C12H14N2O4/c15-11(13-8-4-6-18-7-5-8)9-2-1-3-10(14-9)12(16)17/h1-3,8H,4-7H2,(H,13,15)(H,16,17). The molecule has 6 nitrogen and oxygen atoms in total. The zero-order valence-corrected chi connectivity index (χ0v) is 9.76. The summed E-state index contributed by atoms with van der Waals surface area (Å²) in [6.07, 6.45) is 1.54. The number of carboxylic acid groups (broad SMARTS) is 1. The molecule has 1 aromatic heterocycles. The van der Waals surface area contributed by atoms with E-state index in [1.54, 1.807) is 0 Å². The molecule has 0 unspecified atom stereocenters. The molecule has 0 aliphatic carbocycles. The molecule has 0 saturated carbocycles. The van der Waals surface area contributed by atoms with Crippen molar-refractivity contribution in [1.82, 2.24) is 10.3 Å². The van der Waals surface area contributed by atoms with Crippen LogP contribution in [0.2, 0.25) is 0 Å². The van der Waals surface area contributed by atoms with Crippen molar-refractivity contribution in [2.45, 2.75) is 18.9 Å². The Morgan fingerprint density at radius 3 is 2.61 bits per heavy atom. The van der Waals surface area contributed by atoms with E-state index >= 15 is 0 Å². The van der Waals surface area contributed by atoms with Crippen LogP contribution in [-0.2, 0) is 4.74 Å². The maximum absolute atomic E-state index is 11.9. The van der Waals surface area contributed by atoms with Gasteiger partial charge >= 0.3 is 5.97 Å². The fraction of sp³-hybridized carbons (Fsp3) is 0.417. The highest BCUT2D eigenvalue weighted by atomic mass is 16.5. The topological polar surface area (TPSA) is 88.5 Å². The van der Waals surface area contributed by atoms with Crippen LogP contribution in [0.15, 0.2) is 18.2 Å². The number of aromatic nitrogens is 1. The van der Waals surface area contributed by atoms with Crippen LogP contribution in [0.25, 0.3) is 0 Å². The van der Waals surface area contributed by atoms with Gasteiger partial charge < -0.3 is 15.2 Å². The first kappa shape index (κ1) is 12.5. The van der Waals surface area contributed by atoms with E-state index in [1.165, 1.54) is 18.2 Å². The number of hydrogen-bond donors (Lipinski definition) is 2. The SMILES string of the molecule is O=C(O)c1cccc(C(=O)NC2CCOCC2)n1. The van der Waals surface area contributed by atoms with E-state index in [1.807, 2.05) is 0 Å². The molecule has 0 radical (unpaired) electrons. The van der Waals surface area contributed by atoms with Gasteiger partial charge in [-0.2, -0.15) is 0 Å². The predicted molar refractivity (Wildman–Crippen MR) is 62.5 cm³/mol. The average molecular weight is 250 g/mol. The number of rotatable bonds is 3. The smallest absolute Gasteiger partial charge is 0.354 e. The molecule has 1 fully saturated rings. The molecule has 18 heavy (non-hydrogen) atoms. The monoisotopic (exact) mass is 250 g/mol. The lowest BCUT2D eigenvalue weighted by Crippen LogP contribution is -2.39. The predicted octanol–water partition coefficient (Wildman–Crippen LogP) is 0.689. The zero-order chi connectivity index (χ0) is 13.0. The molecule has 2 rings (SSSR count). The first-order valence-corrected chi connectivity index (χ1v) is 5.76. The fourth-order valence-electron chi connectivity index (χ4n) is 1.78. The molecule has 0 spiro atoms. The second-order valence-corrected chi connectivity index (χ2v) is 4.07. The van der Waals surface area contributed by atoms with Gasteiger partial charge in [-0.15, -0.1) is 0 Å². The number of carboxylic acids is 1. The van der Waals surface area contributed by atoms with Crippen molar-refractivity contribution in [2.24, 2.45) is 0 Å². The summed E-state index contributed by atoms with van der Waals surface area (Å²) in [5, 5.41) is 11.6. The summed E-state index contributed by atoms with van der Waals surface area (Å²) in [5.74, 6) is -1.49. The number of aromatic carboxylic acids is 1. The van der Waals surface area contributed by atoms with Crippen molar-refractivity contribution in [2.75, 3.05) is 13.2 Å². The highest BCUT2D eigenvalue weighted by Crippen LogP contribution is 2.07. The van der Waals surface area contributed by atoms with Crippen molar-refractivity contribution in [1.29, 1.82) is 0 Å². The second-order valence-electron chi connectivity index (χ2n) is 4.07. The number of hydrogen-bond acceptors (Lipinski definition) is 4. The minimum atomic E-state index is -1.14. The number of ether oxygens (including phenoxy) is 1. The van der Waals surface area contributed by atoms with Crippen LogP contribution in [0.3, 0.4) is 0 Å². The minimum absolute atomic E-state index is 0.0709. The maximum atomic E-state index is 11.9. The Hall–Kier alpha value is -1.95. The van der Waals surface area contributed by atoms with Gasteiger partial charge in [0.2, 0.25) is 0 Å². The Labute approximate surface area is 104 Å². The molecule has 1 aliphatic heterocycles. The van der Waals surface area contributed by atoms with Gasteiger partial charge in [0.1, 0.15) is 11.4 Å². The highest BCUT2D eigenvalue weighted by Gasteiger charge is 2.18. The number of carbonyl (C=O) groups excluding carboxylic acids is 1. The zero-order valence-electron chi connectivity index (χ0n) is 9.76. The van der Waals surface area contributed by atoms with Gasteiger partial charge in [0, 0.05) is 19.3 Å². The summed E-state index contributed by atoms with van der Waals surface area (Å²) >= 11 is 0. The number of pyridine rings is 1. The van der Waals surface area contributed by atoms with Crippen LogP contribution in [0, 0.1) is 0 Å². The Bertz CT molecular complexity index is 455. The molecular formula is C12H14N2O4. The Kier molecular flexibility index (Phi) is 3.88. The molecule has 1 amide bonds. The van der Waals surface area contributed by atoms with E-state index in [-0.39, 0.29) is 23.3 Å². The van der Waals surface area contributed by atoms with Crippen LogP contribution in [0.4, 0.5) is 0 Å². The van der Waals surface area contributed by atoms with Crippen LogP contribution in [-0.4, -0.2) is 41.2 Å². The van der Waals surface area contributed by atoms with Gasteiger partial charge in [0.15, 0.2) is 0 Å². The molecule has 6 heteroatoms. The Morgan fingerprint density at radius 1 is 1.28 bits per heavy atom. The first-order valence-electron chi connectivity index (χ1n) is 5.76. The van der Waals surface area contributed by atoms with E-state index in [0.717, 1.165) is 12.8 Å². The molecule has 0 atom stereocenters. The van der Waals surface area contributed by atoms with Gasteiger partial charge in [-0.05, 0) is 25.0 Å². The van der Waals surface area contributed by atoms with Gasteiger partial charge in [0.05, 0.1) is 0 Å². The van der Waals surface area contributed by atoms with Gasteiger partial charge in [-0.25, -0.2) is 9.78 Å². The molecule has 1 aromatic rings. The largest absolute Gasteiger partial charge is 0.477 e. The Balaban J connectivity index is 2.03. The number of nitrogens with one attached hydrogen (secondary N) is 1. The lowest BCUT2D eigenvalue weighted by Gasteiger charge is -2.22. The van der Waals surface area contributed by atoms with Crippen molar-refractivity contribution < 1.29 is 19.4 Å². The summed E-state index contributed by atoms with van der Waals surface area (Å²) in [6.45, 7) is 1.26. The van der Waals surface area contributed by atoms with Crippen LogP contribution < -0.4 is 5.32 Å². The molecular weight excluding hydrogens is 236 g/mol. The number of amides is 1. The van der Waals surface area contributed by atoms with Crippen LogP contribution in [0.1, 0.15) is 33.8 Å². The Morgan fingerprint density at radius 2 is 1.94 bits per heavy atom. The molecule has 0 bridgehead atoms. The lowest BCUT2D eigenvalue weighted by atomic mass is 10.1. The van der Waals surface area contributed by atoms with E-state index in [0.29, 0.717) is 13.2 Å². The molecule has 2 heterocycles. The van der Waals surface area contributed by atoms with Crippen molar-refractivity contribution in [3.63, 3.8) is 0 Å². The van der Waals surface area contributed by atoms with Gasteiger partial charge in [-0.3, -0.25) is 4.79 Å². The molecule has 1 saturated heterocycles.